The number of ether oxygens (including phenoxy) is 1. The second-order valence-electron chi connectivity index (χ2n) is 2.42. The van der Waals surface area contributed by atoms with Gasteiger partial charge in [0.2, 0.25) is 0 Å². The van der Waals surface area contributed by atoms with Gasteiger partial charge in [0, 0.05) is 11.1 Å². The van der Waals surface area contributed by atoms with Gasteiger partial charge in [-0.1, -0.05) is 0 Å². The third kappa shape index (κ3) is 1.31. The van der Waals surface area contributed by atoms with Crippen LogP contribution in [-0.2, 0) is 14.3 Å². The molecule has 0 heterocycles. The number of hydrogen-bond acceptors (Lipinski definition) is 4. The molecule has 0 bridgehead atoms. The Bertz CT molecular complexity index is 231. The Hall–Kier alpha value is -1.36. The number of carbonyl (C=O) groups excluding carboxylic acids is 2. The summed E-state index contributed by atoms with van der Waals surface area (Å²) in [5.74, 6) is 4.05. The molecule has 5 nitrogen and oxygen atoms in total. The van der Waals surface area contributed by atoms with Crippen LogP contribution in [0.4, 0.5) is 0 Å². The molecule has 0 unspecified atom stereocenters. The molecule has 0 aliphatic heterocycles. The molecule has 1 aliphatic rings. The quantitative estimate of drug-likeness (QED) is 0.247. The minimum atomic E-state index is -0.445. The average Bonchev–Trinajstić information content (AvgIpc) is 2.02. The van der Waals surface area contributed by atoms with Crippen LogP contribution in [0.5, 0.6) is 0 Å². The number of nitrogens with one attached hydrogen (secondary N) is 1. The average molecular weight is 170 g/mol. The fourth-order valence-electron chi connectivity index (χ4n) is 1.06. The van der Waals surface area contributed by atoms with E-state index in [0.717, 1.165) is 0 Å². The first-order valence-electron chi connectivity index (χ1n) is 3.52. The van der Waals surface area contributed by atoms with Gasteiger partial charge in [-0.15, -0.1) is 0 Å². The van der Waals surface area contributed by atoms with Crippen molar-refractivity contribution in [3.8, 4) is 0 Å². The van der Waals surface area contributed by atoms with Crippen LogP contribution in [0.3, 0.4) is 0 Å². The van der Waals surface area contributed by atoms with E-state index in [9.17, 15) is 9.59 Å². The van der Waals surface area contributed by atoms with Crippen LogP contribution in [0.15, 0.2) is 11.1 Å². The standard InChI is InChI=1S/C7H10N2O3/c1-12-7(11)5-3-2-4(5)6(10)9-8/h2-3,8H2,1H3,(H,9,10). The summed E-state index contributed by atoms with van der Waals surface area (Å²) in [6.45, 7) is 0. The Morgan fingerprint density at radius 2 is 2.00 bits per heavy atom. The van der Waals surface area contributed by atoms with Crippen molar-refractivity contribution in [2.24, 2.45) is 5.84 Å². The van der Waals surface area contributed by atoms with Crippen LogP contribution in [0.2, 0.25) is 0 Å². The lowest BCUT2D eigenvalue weighted by Crippen LogP contribution is -2.35. The zero-order valence-electron chi connectivity index (χ0n) is 6.72. The second-order valence-corrected chi connectivity index (χ2v) is 2.42. The van der Waals surface area contributed by atoms with Crippen LogP contribution in [-0.4, -0.2) is 19.0 Å². The Morgan fingerprint density at radius 3 is 2.33 bits per heavy atom. The van der Waals surface area contributed by atoms with Gasteiger partial charge < -0.3 is 4.74 Å². The van der Waals surface area contributed by atoms with E-state index in [1.165, 1.54) is 7.11 Å². The highest BCUT2D eigenvalue weighted by Crippen LogP contribution is 2.28. The summed E-state index contributed by atoms with van der Waals surface area (Å²) in [7, 11) is 1.28. The van der Waals surface area contributed by atoms with Gasteiger partial charge in [-0.05, 0) is 12.8 Å². The summed E-state index contributed by atoms with van der Waals surface area (Å²) in [5, 5.41) is 0. The van der Waals surface area contributed by atoms with Crippen molar-refractivity contribution >= 4 is 11.9 Å². The van der Waals surface area contributed by atoms with Gasteiger partial charge in [-0.3, -0.25) is 10.2 Å². The molecule has 0 aromatic rings. The van der Waals surface area contributed by atoms with Gasteiger partial charge >= 0.3 is 5.97 Å². The highest BCUT2D eigenvalue weighted by atomic mass is 16.5. The van der Waals surface area contributed by atoms with Crippen molar-refractivity contribution in [3.05, 3.63) is 11.1 Å². The number of carbonyl (C=O) groups is 2. The number of amides is 1. The first-order chi connectivity index (χ1) is 5.70. The molecule has 0 saturated carbocycles. The Labute approximate surface area is 69.5 Å². The maximum atomic E-state index is 10.9. The van der Waals surface area contributed by atoms with Crippen molar-refractivity contribution in [1.29, 1.82) is 0 Å². The molecule has 0 aromatic heterocycles. The molecule has 1 rings (SSSR count). The number of hydrazine groups is 1. The van der Waals surface area contributed by atoms with E-state index in [1.807, 2.05) is 5.43 Å². The number of methoxy groups -OCH3 is 1. The first-order valence-corrected chi connectivity index (χ1v) is 3.52. The molecule has 1 aliphatic carbocycles. The predicted molar refractivity (Wildman–Crippen MR) is 40.6 cm³/mol. The Kier molecular flexibility index (Phi) is 2.44. The minimum Gasteiger partial charge on any atom is -0.466 e. The smallest absolute Gasteiger partial charge is 0.334 e. The van der Waals surface area contributed by atoms with E-state index in [2.05, 4.69) is 4.74 Å². The minimum absolute atomic E-state index is 0.401. The molecule has 0 fully saturated rings. The molecule has 3 N–H and O–H groups in total. The molecule has 1 amide bonds. The summed E-state index contributed by atoms with van der Waals surface area (Å²) < 4.78 is 4.46. The number of hydrogen-bond donors (Lipinski definition) is 2. The fraction of sp³-hybridized carbons (Fsp3) is 0.429. The van der Waals surface area contributed by atoms with Crippen molar-refractivity contribution in [2.45, 2.75) is 12.8 Å². The van der Waals surface area contributed by atoms with E-state index in [0.29, 0.717) is 24.0 Å². The zero-order chi connectivity index (χ0) is 9.14. The van der Waals surface area contributed by atoms with E-state index < -0.39 is 11.9 Å². The molecular formula is C7H10N2O3. The summed E-state index contributed by atoms with van der Waals surface area (Å²) in [5.41, 5.74) is 2.84. The molecule has 0 radical (unpaired) electrons. The van der Waals surface area contributed by atoms with Gasteiger partial charge in [0.15, 0.2) is 0 Å². The van der Waals surface area contributed by atoms with Gasteiger partial charge in [-0.2, -0.15) is 0 Å². The first kappa shape index (κ1) is 8.73. The largest absolute Gasteiger partial charge is 0.466 e. The van der Waals surface area contributed by atoms with Crippen LogP contribution in [0, 0.1) is 0 Å². The highest BCUT2D eigenvalue weighted by Gasteiger charge is 2.28. The lowest BCUT2D eigenvalue weighted by atomic mass is 9.88. The zero-order valence-corrected chi connectivity index (χ0v) is 6.72. The molecule has 0 atom stereocenters. The van der Waals surface area contributed by atoms with Crippen LogP contribution in [0.25, 0.3) is 0 Å². The SMILES string of the molecule is COC(=O)C1=C(C(=O)NN)CC1. The topological polar surface area (TPSA) is 81.4 Å². The lowest BCUT2D eigenvalue weighted by molar-refractivity contribution is -0.137. The fourth-order valence-corrected chi connectivity index (χ4v) is 1.06. The van der Waals surface area contributed by atoms with Gasteiger partial charge in [0.05, 0.1) is 7.11 Å². The van der Waals surface area contributed by atoms with E-state index >= 15 is 0 Å². The van der Waals surface area contributed by atoms with Crippen molar-refractivity contribution in [3.63, 3.8) is 0 Å². The van der Waals surface area contributed by atoms with Gasteiger partial charge in [0.1, 0.15) is 0 Å². The number of esters is 1. The third-order valence-corrected chi connectivity index (χ3v) is 1.83. The monoisotopic (exact) mass is 170 g/mol. The third-order valence-electron chi connectivity index (χ3n) is 1.83. The normalized spacial score (nSPS) is 15.2. The molecule has 12 heavy (non-hydrogen) atoms. The van der Waals surface area contributed by atoms with Crippen LogP contribution >= 0.6 is 0 Å². The summed E-state index contributed by atoms with van der Waals surface area (Å²) in [4.78, 5) is 21.8. The molecule has 0 aromatic carbocycles. The predicted octanol–water partition coefficient (Wildman–Crippen LogP) is -0.760. The maximum absolute atomic E-state index is 10.9. The Balaban J connectivity index is 2.78. The van der Waals surface area contributed by atoms with E-state index in [4.69, 9.17) is 5.84 Å². The van der Waals surface area contributed by atoms with Crippen LogP contribution in [0.1, 0.15) is 12.8 Å². The van der Waals surface area contributed by atoms with Gasteiger partial charge in [0.25, 0.3) is 5.91 Å². The summed E-state index contributed by atoms with van der Waals surface area (Å²) >= 11 is 0. The van der Waals surface area contributed by atoms with Crippen molar-refractivity contribution < 1.29 is 14.3 Å². The maximum Gasteiger partial charge on any atom is 0.334 e. The highest BCUT2D eigenvalue weighted by molar-refractivity contribution is 6.04. The van der Waals surface area contributed by atoms with Crippen molar-refractivity contribution in [2.75, 3.05) is 7.11 Å². The van der Waals surface area contributed by atoms with E-state index in [1.54, 1.807) is 0 Å². The lowest BCUT2D eigenvalue weighted by Gasteiger charge is -2.19. The van der Waals surface area contributed by atoms with Crippen LogP contribution < -0.4 is 11.3 Å². The molecule has 0 saturated heterocycles. The number of nitrogens with two attached hydrogens (primary N) is 1. The molecule has 0 spiro atoms. The van der Waals surface area contributed by atoms with E-state index in [-0.39, 0.29) is 0 Å². The summed E-state index contributed by atoms with van der Waals surface area (Å²) in [6, 6.07) is 0. The Morgan fingerprint density at radius 1 is 1.42 bits per heavy atom. The molecule has 5 heteroatoms. The molecular weight excluding hydrogens is 160 g/mol. The number of rotatable bonds is 2. The van der Waals surface area contributed by atoms with Crippen molar-refractivity contribution in [1.82, 2.24) is 5.43 Å². The molecule has 66 valence electrons. The van der Waals surface area contributed by atoms with Gasteiger partial charge in [-0.25, -0.2) is 10.6 Å². The summed E-state index contributed by atoms with van der Waals surface area (Å²) in [6.07, 6.45) is 1.18. The second kappa shape index (κ2) is 3.36.